The first kappa shape index (κ1) is 20.4. The summed E-state index contributed by atoms with van der Waals surface area (Å²) in [4.78, 5) is 29.4. The van der Waals surface area contributed by atoms with E-state index in [0.717, 1.165) is 11.8 Å². The highest BCUT2D eigenvalue weighted by Crippen LogP contribution is 2.23. The largest absolute Gasteiger partial charge is 0.435 e. The second-order valence-corrected chi connectivity index (χ2v) is 6.64. The number of fused-ring (bicyclic) bond motifs is 1. The Bertz CT molecular complexity index is 1120. The topological polar surface area (TPSA) is 73.2 Å². The maximum absolute atomic E-state index is 13.1. The fourth-order valence-corrected chi connectivity index (χ4v) is 3.39. The molecule has 148 valence electrons. The molecule has 1 N–H and O–H groups in total. The van der Waals surface area contributed by atoms with Gasteiger partial charge in [0, 0.05) is 0 Å². The van der Waals surface area contributed by atoms with E-state index in [1.54, 1.807) is 24.3 Å². The van der Waals surface area contributed by atoms with E-state index in [1.165, 1.54) is 28.8 Å². The van der Waals surface area contributed by atoms with E-state index in [2.05, 4.69) is 21.0 Å². The average molecular weight is 415 g/mol. The van der Waals surface area contributed by atoms with Crippen LogP contribution in [0.2, 0.25) is 0 Å². The fraction of sp³-hybridized carbons (Fsp3) is 0.150. The van der Waals surface area contributed by atoms with Gasteiger partial charge in [0.15, 0.2) is 5.16 Å². The van der Waals surface area contributed by atoms with E-state index in [9.17, 15) is 18.4 Å². The van der Waals surface area contributed by atoms with Crippen molar-refractivity contribution in [2.45, 2.75) is 11.8 Å². The third kappa shape index (κ3) is 4.92. The van der Waals surface area contributed by atoms with E-state index >= 15 is 0 Å². The lowest BCUT2D eigenvalue weighted by Crippen LogP contribution is -2.26. The summed E-state index contributed by atoms with van der Waals surface area (Å²) in [7, 11) is 0. The Morgan fingerprint density at radius 2 is 1.97 bits per heavy atom. The number of alkyl halides is 2. The Labute approximate surface area is 168 Å². The lowest BCUT2D eigenvalue weighted by molar-refractivity contribution is -0.118. The molecule has 0 bridgehead atoms. The first-order valence-electron chi connectivity index (χ1n) is 8.39. The molecule has 0 saturated heterocycles. The van der Waals surface area contributed by atoms with Crippen LogP contribution < -0.4 is 15.6 Å². The number of ether oxygens (including phenoxy) is 1. The molecule has 0 unspecified atom stereocenters. The molecular formula is C20H15F2N3O3S. The number of benzene rings is 2. The van der Waals surface area contributed by atoms with Crippen LogP contribution in [0.5, 0.6) is 5.75 Å². The third-order valence-corrected chi connectivity index (χ3v) is 4.72. The lowest BCUT2D eigenvalue weighted by Gasteiger charge is -2.13. The van der Waals surface area contributed by atoms with Crippen LogP contribution in [0.15, 0.2) is 58.5 Å². The van der Waals surface area contributed by atoms with E-state index in [4.69, 9.17) is 6.42 Å². The molecule has 3 rings (SSSR count). The normalized spacial score (nSPS) is 10.7. The van der Waals surface area contributed by atoms with Crippen molar-refractivity contribution in [3.05, 3.63) is 58.9 Å². The minimum atomic E-state index is -2.95. The highest BCUT2D eigenvalue weighted by atomic mass is 32.2. The number of nitrogens with zero attached hydrogens (tertiary/aromatic N) is 2. The van der Waals surface area contributed by atoms with Gasteiger partial charge in [-0.05, 0) is 36.4 Å². The van der Waals surface area contributed by atoms with E-state index in [0.29, 0.717) is 16.6 Å². The third-order valence-electron chi connectivity index (χ3n) is 3.79. The van der Waals surface area contributed by atoms with E-state index in [-0.39, 0.29) is 34.7 Å². The summed E-state index contributed by atoms with van der Waals surface area (Å²) in [6, 6.07) is 12.4. The maximum Gasteiger partial charge on any atom is 0.387 e. The summed E-state index contributed by atoms with van der Waals surface area (Å²) in [5, 5.41) is 3.22. The molecule has 0 fully saturated rings. The number of hydrogen-bond donors (Lipinski definition) is 1. The van der Waals surface area contributed by atoms with Crippen molar-refractivity contribution in [2.24, 2.45) is 0 Å². The van der Waals surface area contributed by atoms with Gasteiger partial charge in [-0.3, -0.25) is 14.2 Å². The molecular weight excluding hydrogens is 400 g/mol. The van der Waals surface area contributed by atoms with Gasteiger partial charge in [0.2, 0.25) is 5.91 Å². The Kier molecular flexibility index (Phi) is 6.46. The Balaban J connectivity index is 2.01. The maximum atomic E-state index is 13.1. The van der Waals surface area contributed by atoms with Crippen LogP contribution >= 0.6 is 11.8 Å². The number of halogens is 2. The predicted molar refractivity (Wildman–Crippen MR) is 107 cm³/mol. The average Bonchev–Trinajstić information content (AvgIpc) is 2.71. The zero-order valence-corrected chi connectivity index (χ0v) is 15.8. The summed E-state index contributed by atoms with van der Waals surface area (Å²) in [6.07, 6.45) is 5.12. The van der Waals surface area contributed by atoms with Gasteiger partial charge in [0.1, 0.15) is 5.75 Å². The van der Waals surface area contributed by atoms with Gasteiger partial charge < -0.3 is 10.1 Å². The van der Waals surface area contributed by atoms with Crippen molar-refractivity contribution >= 4 is 28.6 Å². The number of carbonyl (C=O) groups excluding carboxylic acids is 1. The van der Waals surface area contributed by atoms with Crippen LogP contribution in [0.4, 0.5) is 8.78 Å². The van der Waals surface area contributed by atoms with Crippen molar-refractivity contribution in [2.75, 3.05) is 12.3 Å². The number of terminal acetylenes is 1. The highest BCUT2D eigenvalue weighted by molar-refractivity contribution is 7.99. The minimum Gasteiger partial charge on any atom is -0.435 e. The first-order valence-corrected chi connectivity index (χ1v) is 9.38. The molecule has 0 spiro atoms. The number of hydrogen-bond acceptors (Lipinski definition) is 5. The van der Waals surface area contributed by atoms with E-state index < -0.39 is 6.61 Å². The monoisotopic (exact) mass is 415 g/mol. The fourth-order valence-electron chi connectivity index (χ4n) is 2.54. The molecule has 1 aromatic heterocycles. The number of amides is 1. The van der Waals surface area contributed by atoms with Gasteiger partial charge in [-0.2, -0.15) is 8.78 Å². The van der Waals surface area contributed by atoms with E-state index in [1.807, 2.05) is 0 Å². The number of thioether (sulfide) groups is 1. The second kappa shape index (κ2) is 9.21. The highest BCUT2D eigenvalue weighted by Gasteiger charge is 2.15. The van der Waals surface area contributed by atoms with Crippen LogP contribution in [0, 0.1) is 12.3 Å². The van der Waals surface area contributed by atoms with Crippen molar-refractivity contribution in [3.63, 3.8) is 0 Å². The molecule has 9 heteroatoms. The molecule has 6 nitrogen and oxygen atoms in total. The number of carbonyl (C=O) groups is 1. The summed E-state index contributed by atoms with van der Waals surface area (Å²) < 4.78 is 30.4. The van der Waals surface area contributed by atoms with Crippen LogP contribution in [0.3, 0.4) is 0 Å². The van der Waals surface area contributed by atoms with Crippen molar-refractivity contribution in [1.29, 1.82) is 0 Å². The molecule has 1 heterocycles. The molecule has 0 aliphatic heterocycles. The SMILES string of the molecule is C#CCNC(=O)CSc1nc2ccccc2c(=O)n1-c1ccc(OC(F)F)cc1. The quantitative estimate of drug-likeness (QED) is 0.365. The standard InChI is InChI=1S/C20H15F2N3O3S/c1-2-11-23-17(26)12-29-20-24-16-6-4-3-5-15(16)18(27)25(20)13-7-9-14(10-8-13)28-19(21)22/h1,3-10,19H,11-12H2,(H,23,26). The van der Waals surface area contributed by atoms with Gasteiger partial charge in [0.25, 0.3) is 5.56 Å². The lowest BCUT2D eigenvalue weighted by atomic mass is 10.2. The zero-order chi connectivity index (χ0) is 20.8. The summed E-state index contributed by atoms with van der Waals surface area (Å²) in [6.45, 7) is -2.85. The predicted octanol–water partition coefficient (Wildman–Crippen LogP) is 2.83. The van der Waals surface area contributed by atoms with Crippen molar-refractivity contribution < 1.29 is 18.3 Å². The summed E-state index contributed by atoms with van der Waals surface area (Å²) >= 11 is 1.06. The molecule has 29 heavy (non-hydrogen) atoms. The number of nitrogens with one attached hydrogen (secondary N) is 1. The molecule has 0 radical (unpaired) electrons. The molecule has 0 atom stereocenters. The number of rotatable bonds is 7. The zero-order valence-electron chi connectivity index (χ0n) is 15.0. The molecule has 0 aliphatic carbocycles. The van der Waals surface area contributed by atoms with Gasteiger partial charge in [0.05, 0.1) is 28.9 Å². The summed E-state index contributed by atoms with van der Waals surface area (Å²) in [5.41, 5.74) is 0.545. The van der Waals surface area contributed by atoms with Gasteiger partial charge >= 0.3 is 6.61 Å². The molecule has 2 aromatic carbocycles. The van der Waals surface area contributed by atoms with Crippen molar-refractivity contribution in [1.82, 2.24) is 14.9 Å². The van der Waals surface area contributed by atoms with Crippen LogP contribution in [0.1, 0.15) is 0 Å². The summed E-state index contributed by atoms with van der Waals surface area (Å²) in [5.74, 6) is 1.97. The molecule has 3 aromatic rings. The first-order chi connectivity index (χ1) is 14.0. The Morgan fingerprint density at radius 1 is 1.24 bits per heavy atom. The van der Waals surface area contributed by atoms with Crippen LogP contribution in [-0.4, -0.2) is 34.4 Å². The Morgan fingerprint density at radius 3 is 2.66 bits per heavy atom. The van der Waals surface area contributed by atoms with Gasteiger partial charge in [-0.25, -0.2) is 4.98 Å². The molecule has 0 aliphatic rings. The van der Waals surface area contributed by atoms with Gasteiger partial charge in [-0.1, -0.05) is 29.8 Å². The number of aromatic nitrogens is 2. The van der Waals surface area contributed by atoms with Gasteiger partial charge in [-0.15, -0.1) is 6.42 Å². The molecule has 0 saturated carbocycles. The molecule has 1 amide bonds. The van der Waals surface area contributed by atoms with Crippen molar-refractivity contribution in [3.8, 4) is 23.8 Å². The van der Waals surface area contributed by atoms with Crippen LogP contribution in [0.25, 0.3) is 16.6 Å². The van der Waals surface area contributed by atoms with Crippen LogP contribution in [-0.2, 0) is 4.79 Å². The Hall–Kier alpha value is -3.38. The second-order valence-electron chi connectivity index (χ2n) is 5.69. The number of para-hydroxylation sites is 1. The minimum absolute atomic E-state index is 0.000955. The smallest absolute Gasteiger partial charge is 0.387 e.